The highest BCUT2D eigenvalue weighted by Gasteiger charge is 2.31. The van der Waals surface area contributed by atoms with E-state index in [1.54, 1.807) is 0 Å². The van der Waals surface area contributed by atoms with Crippen molar-refractivity contribution in [2.75, 3.05) is 6.54 Å². The maximum Gasteiger partial charge on any atom is 0.0118 e. The van der Waals surface area contributed by atoms with E-state index in [4.69, 9.17) is 0 Å². The first-order valence-electron chi connectivity index (χ1n) is 6.92. The van der Waals surface area contributed by atoms with Gasteiger partial charge in [-0.15, -0.1) is 0 Å². The summed E-state index contributed by atoms with van der Waals surface area (Å²) >= 11 is 0. The third-order valence-corrected chi connectivity index (χ3v) is 4.38. The van der Waals surface area contributed by atoms with Gasteiger partial charge in [0.2, 0.25) is 0 Å². The van der Waals surface area contributed by atoms with Crippen LogP contribution in [0.4, 0.5) is 0 Å². The fourth-order valence-electron chi connectivity index (χ4n) is 2.95. The lowest BCUT2D eigenvalue weighted by Crippen LogP contribution is -2.44. The Hall–Kier alpha value is -0.0400. The summed E-state index contributed by atoms with van der Waals surface area (Å²) in [5.41, 5.74) is 0.540. The van der Waals surface area contributed by atoms with Gasteiger partial charge >= 0.3 is 0 Å². The molecule has 2 fully saturated rings. The Bertz CT molecular complexity index is 194. The first kappa shape index (κ1) is 11.4. The predicted molar refractivity (Wildman–Crippen MR) is 66.0 cm³/mol. The highest BCUT2D eigenvalue weighted by Crippen LogP contribution is 2.36. The molecule has 0 bridgehead atoms. The van der Waals surface area contributed by atoms with Crippen molar-refractivity contribution < 1.29 is 0 Å². The maximum absolute atomic E-state index is 3.80. The van der Waals surface area contributed by atoms with E-state index in [1.807, 2.05) is 0 Å². The van der Waals surface area contributed by atoms with Crippen LogP contribution in [0.3, 0.4) is 0 Å². The van der Waals surface area contributed by atoms with Gasteiger partial charge in [0.05, 0.1) is 0 Å². The average Bonchev–Trinajstić information content (AvgIpc) is 2.98. The molecule has 0 aliphatic heterocycles. The van der Waals surface area contributed by atoms with Crippen molar-refractivity contribution in [2.24, 2.45) is 11.3 Å². The Morgan fingerprint density at radius 3 is 2.60 bits per heavy atom. The monoisotopic (exact) mass is 209 g/mol. The molecule has 0 aromatic rings. The standard InChI is InChI=1S/C14H27N/c1-14(2)10-4-3-7-13(14)15-11-5-6-12-8-9-12/h12-13,15H,3-11H2,1-2H3. The van der Waals surface area contributed by atoms with Gasteiger partial charge in [0, 0.05) is 6.04 Å². The van der Waals surface area contributed by atoms with Crippen molar-refractivity contribution in [1.29, 1.82) is 0 Å². The summed E-state index contributed by atoms with van der Waals surface area (Å²) in [6.07, 6.45) is 11.6. The third-order valence-electron chi connectivity index (χ3n) is 4.38. The van der Waals surface area contributed by atoms with Crippen LogP contribution in [-0.4, -0.2) is 12.6 Å². The molecular formula is C14H27N. The predicted octanol–water partition coefficient (Wildman–Crippen LogP) is 3.74. The lowest BCUT2D eigenvalue weighted by atomic mass is 9.73. The number of hydrogen-bond acceptors (Lipinski definition) is 1. The lowest BCUT2D eigenvalue weighted by molar-refractivity contribution is 0.167. The van der Waals surface area contributed by atoms with Crippen LogP contribution in [-0.2, 0) is 0 Å². The van der Waals surface area contributed by atoms with Crippen LogP contribution in [0.5, 0.6) is 0 Å². The van der Waals surface area contributed by atoms with E-state index in [1.165, 1.54) is 57.9 Å². The molecule has 0 radical (unpaired) electrons. The molecule has 0 amide bonds. The second-order valence-corrected chi connectivity index (χ2v) is 6.33. The molecule has 1 N–H and O–H groups in total. The molecular weight excluding hydrogens is 182 g/mol. The zero-order chi connectivity index (χ0) is 10.7. The van der Waals surface area contributed by atoms with Crippen LogP contribution in [0.1, 0.15) is 65.2 Å². The van der Waals surface area contributed by atoms with E-state index < -0.39 is 0 Å². The highest BCUT2D eigenvalue weighted by molar-refractivity contribution is 4.87. The molecule has 1 atom stereocenters. The van der Waals surface area contributed by atoms with Gasteiger partial charge in [0.15, 0.2) is 0 Å². The number of rotatable bonds is 5. The molecule has 15 heavy (non-hydrogen) atoms. The quantitative estimate of drug-likeness (QED) is 0.680. The van der Waals surface area contributed by atoms with Crippen LogP contribution in [0.25, 0.3) is 0 Å². The van der Waals surface area contributed by atoms with E-state index >= 15 is 0 Å². The molecule has 88 valence electrons. The van der Waals surface area contributed by atoms with Gasteiger partial charge in [-0.1, -0.05) is 39.5 Å². The maximum atomic E-state index is 3.80. The van der Waals surface area contributed by atoms with Gasteiger partial charge in [0.25, 0.3) is 0 Å². The SMILES string of the molecule is CC1(C)CCCCC1NCCCC1CC1. The van der Waals surface area contributed by atoms with Crippen LogP contribution in [0, 0.1) is 11.3 Å². The van der Waals surface area contributed by atoms with E-state index in [-0.39, 0.29) is 0 Å². The van der Waals surface area contributed by atoms with Crippen LogP contribution in [0.2, 0.25) is 0 Å². The van der Waals surface area contributed by atoms with E-state index in [0.29, 0.717) is 5.41 Å². The van der Waals surface area contributed by atoms with Crippen molar-refractivity contribution in [3.63, 3.8) is 0 Å². The molecule has 0 aromatic carbocycles. The van der Waals surface area contributed by atoms with Gasteiger partial charge < -0.3 is 5.32 Å². The summed E-state index contributed by atoms with van der Waals surface area (Å²) in [5.74, 6) is 1.10. The van der Waals surface area contributed by atoms with E-state index in [9.17, 15) is 0 Å². The molecule has 2 saturated carbocycles. The normalized spacial score (nSPS) is 30.4. The summed E-state index contributed by atoms with van der Waals surface area (Å²) in [6.45, 7) is 6.13. The summed E-state index contributed by atoms with van der Waals surface area (Å²) in [7, 11) is 0. The van der Waals surface area contributed by atoms with Gasteiger partial charge in [0.1, 0.15) is 0 Å². The number of hydrogen-bond donors (Lipinski definition) is 1. The Morgan fingerprint density at radius 2 is 1.93 bits per heavy atom. The first-order chi connectivity index (χ1) is 7.18. The molecule has 0 saturated heterocycles. The number of nitrogens with one attached hydrogen (secondary N) is 1. The summed E-state index contributed by atoms with van der Waals surface area (Å²) in [6, 6.07) is 0.783. The minimum absolute atomic E-state index is 0.540. The molecule has 0 aromatic heterocycles. The van der Waals surface area contributed by atoms with E-state index in [0.717, 1.165) is 12.0 Å². The van der Waals surface area contributed by atoms with Crippen LogP contribution >= 0.6 is 0 Å². The summed E-state index contributed by atoms with van der Waals surface area (Å²) in [5, 5.41) is 3.80. The topological polar surface area (TPSA) is 12.0 Å². The Morgan fingerprint density at radius 1 is 1.13 bits per heavy atom. The van der Waals surface area contributed by atoms with Crippen molar-refractivity contribution in [1.82, 2.24) is 5.32 Å². The van der Waals surface area contributed by atoms with Crippen molar-refractivity contribution in [3.05, 3.63) is 0 Å². The minimum Gasteiger partial charge on any atom is -0.313 e. The molecule has 1 nitrogen and oxygen atoms in total. The van der Waals surface area contributed by atoms with E-state index in [2.05, 4.69) is 19.2 Å². The fraction of sp³-hybridized carbons (Fsp3) is 1.00. The van der Waals surface area contributed by atoms with Gasteiger partial charge in [-0.05, 0) is 43.6 Å². The second kappa shape index (κ2) is 4.86. The first-order valence-corrected chi connectivity index (χ1v) is 6.92. The summed E-state index contributed by atoms with van der Waals surface area (Å²) in [4.78, 5) is 0. The molecule has 0 heterocycles. The molecule has 2 aliphatic carbocycles. The molecule has 1 unspecified atom stereocenters. The Kier molecular flexibility index (Phi) is 3.71. The smallest absolute Gasteiger partial charge is 0.0118 e. The van der Waals surface area contributed by atoms with Crippen LogP contribution < -0.4 is 5.32 Å². The Balaban J connectivity index is 1.63. The molecule has 2 rings (SSSR count). The van der Waals surface area contributed by atoms with Gasteiger partial charge in [-0.25, -0.2) is 0 Å². The van der Waals surface area contributed by atoms with Gasteiger partial charge in [-0.3, -0.25) is 0 Å². The Labute approximate surface area is 95.0 Å². The summed E-state index contributed by atoms with van der Waals surface area (Å²) < 4.78 is 0. The average molecular weight is 209 g/mol. The molecule has 1 heteroatoms. The van der Waals surface area contributed by atoms with Gasteiger partial charge in [-0.2, -0.15) is 0 Å². The second-order valence-electron chi connectivity index (χ2n) is 6.33. The minimum atomic E-state index is 0.540. The fourth-order valence-corrected chi connectivity index (χ4v) is 2.95. The van der Waals surface area contributed by atoms with Crippen molar-refractivity contribution >= 4 is 0 Å². The highest BCUT2D eigenvalue weighted by atomic mass is 14.9. The molecule has 0 spiro atoms. The molecule has 2 aliphatic rings. The lowest BCUT2D eigenvalue weighted by Gasteiger charge is -2.39. The zero-order valence-corrected chi connectivity index (χ0v) is 10.5. The largest absolute Gasteiger partial charge is 0.313 e. The third kappa shape index (κ3) is 3.48. The van der Waals surface area contributed by atoms with Crippen LogP contribution in [0.15, 0.2) is 0 Å². The zero-order valence-electron chi connectivity index (χ0n) is 10.5. The van der Waals surface area contributed by atoms with Crippen molar-refractivity contribution in [2.45, 2.75) is 71.3 Å². The van der Waals surface area contributed by atoms with Crippen molar-refractivity contribution in [3.8, 4) is 0 Å².